The van der Waals surface area contributed by atoms with E-state index in [1.165, 1.54) is 0 Å². The smallest absolute Gasteiger partial charge is 0.247 e. The molecule has 150 valence electrons. The molecule has 1 amide bonds. The average Bonchev–Trinajstić information content (AvgIpc) is 3.20. The van der Waals surface area contributed by atoms with E-state index in [4.69, 9.17) is 4.42 Å². The van der Waals surface area contributed by atoms with Gasteiger partial charge in [-0.05, 0) is 53.4 Å². The topological polar surface area (TPSA) is 80.9 Å². The van der Waals surface area contributed by atoms with Crippen LogP contribution in [0.5, 0.6) is 0 Å². The first-order chi connectivity index (χ1) is 14.6. The molecule has 0 fully saturated rings. The van der Waals surface area contributed by atoms with Gasteiger partial charge in [0.25, 0.3) is 0 Å². The molecule has 4 aromatic rings. The summed E-state index contributed by atoms with van der Waals surface area (Å²) in [6.07, 6.45) is 2.05. The Bertz CT molecular complexity index is 1150. The van der Waals surface area contributed by atoms with Gasteiger partial charge in [-0.25, -0.2) is 0 Å². The highest BCUT2D eigenvalue weighted by Gasteiger charge is 2.10. The molecule has 0 atom stereocenters. The summed E-state index contributed by atoms with van der Waals surface area (Å²) in [7, 11) is 0. The van der Waals surface area contributed by atoms with Gasteiger partial charge < -0.3 is 9.73 Å². The second kappa shape index (κ2) is 8.69. The Balaban J connectivity index is 1.45. The van der Waals surface area contributed by atoms with Crippen LogP contribution in [0.25, 0.3) is 22.6 Å². The Morgan fingerprint density at radius 2 is 1.77 bits per heavy atom. The first kappa shape index (κ1) is 19.5. The van der Waals surface area contributed by atoms with Crippen LogP contribution >= 0.6 is 0 Å². The highest BCUT2D eigenvalue weighted by Crippen LogP contribution is 2.29. The summed E-state index contributed by atoms with van der Waals surface area (Å²) in [5.41, 5.74) is 5.99. The predicted molar refractivity (Wildman–Crippen MR) is 114 cm³/mol. The van der Waals surface area contributed by atoms with Crippen LogP contribution in [0.15, 0.2) is 71.3 Å². The van der Waals surface area contributed by atoms with Crippen LogP contribution in [-0.4, -0.2) is 21.1 Å². The third-order valence-electron chi connectivity index (χ3n) is 4.83. The van der Waals surface area contributed by atoms with Gasteiger partial charge in [-0.15, -0.1) is 10.2 Å². The lowest BCUT2D eigenvalue weighted by Gasteiger charge is -2.09. The zero-order chi connectivity index (χ0) is 20.9. The number of pyridine rings is 1. The number of aromatic nitrogens is 3. The molecule has 0 saturated heterocycles. The largest absolute Gasteiger partial charge is 0.421 e. The van der Waals surface area contributed by atoms with Gasteiger partial charge in [-0.2, -0.15) is 0 Å². The van der Waals surface area contributed by atoms with Gasteiger partial charge in [0.05, 0.1) is 18.7 Å². The Morgan fingerprint density at radius 1 is 0.967 bits per heavy atom. The van der Waals surface area contributed by atoms with E-state index in [2.05, 4.69) is 33.5 Å². The van der Waals surface area contributed by atoms with Gasteiger partial charge in [-0.1, -0.05) is 36.4 Å². The molecule has 4 rings (SSSR count). The summed E-state index contributed by atoms with van der Waals surface area (Å²) in [4.78, 5) is 16.4. The maximum atomic E-state index is 12.2. The van der Waals surface area contributed by atoms with Crippen molar-refractivity contribution in [1.29, 1.82) is 0 Å². The van der Waals surface area contributed by atoms with Gasteiger partial charge in [0, 0.05) is 18.7 Å². The van der Waals surface area contributed by atoms with Crippen LogP contribution < -0.4 is 5.32 Å². The second-order valence-electron chi connectivity index (χ2n) is 7.13. The zero-order valence-corrected chi connectivity index (χ0v) is 16.9. The summed E-state index contributed by atoms with van der Waals surface area (Å²) in [5.74, 6) is 1.02. The predicted octanol–water partition coefficient (Wildman–Crippen LogP) is 4.27. The van der Waals surface area contributed by atoms with Gasteiger partial charge in [0.1, 0.15) is 0 Å². The average molecular weight is 398 g/mol. The van der Waals surface area contributed by atoms with Crippen LogP contribution in [0, 0.1) is 13.8 Å². The third kappa shape index (κ3) is 4.60. The van der Waals surface area contributed by atoms with Gasteiger partial charge >= 0.3 is 0 Å². The molecule has 0 spiro atoms. The van der Waals surface area contributed by atoms with Crippen molar-refractivity contribution >= 4 is 5.91 Å². The molecule has 1 N–H and O–H groups in total. The van der Waals surface area contributed by atoms with Crippen molar-refractivity contribution in [1.82, 2.24) is 20.5 Å². The summed E-state index contributed by atoms with van der Waals surface area (Å²) in [6.45, 7) is 4.27. The third-order valence-corrected chi connectivity index (χ3v) is 4.83. The van der Waals surface area contributed by atoms with Crippen molar-refractivity contribution in [3.8, 4) is 22.6 Å². The second-order valence-corrected chi connectivity index (χ2v) is 7.13. The minimum absolute atomic E-state index is 0.0293. The first-order valence-electron chi connectivity index (χ1n) is 9.75. The molecular formula is C24H22N4O2. The number of nitrogens with one attached hydrogen (secondary N) is 1. The van der Waals surface area contributed by atoms with E-state index >= 15 is 0 Å². The minimum atomic E-state index is -0.0293. The molecular weight excluding hydrogens is 376 g/mol. The zero-order valence-electron chi connectivity index (χ0n) is 16.9. The fourth-order valence-corrected chi connectivity index (χ4v) is 3.22. The highest BCUT2D eigenvalue weighted by molar-refractivity contribution is 5.79. The summed E-state index contributed by atoms with van der Waals surface area (Å²) < 4.78 is 5.55. The number of amides is 1. The fraction of sp³-hybridized carbons (Fsp3) is 0.167. The first-order valence-corrected chi connectivity index (χ1v) is 9.75. The molecule has 30 heavy (non-hydrogen) atoms. The van der Waals surface area contributed by atoms with Crippen LogP contribution in [0.4, 0.5) is 0 Å². The lowest BCUT2D eigenvalue weighted by atomic mass is 9.96. The molecule has 2 aromatic heterocycles. The van der Waals surface area contributed by atoms with E-state index in [9.17, 15) is 4.79 Å². The Labute approximate surface area is 175 Å². The number of carbonyl (C=O) groups excluding carboxylic acids is 1. The number of benzene rings is 2. The molecule has 6 nitrogen and oxygen atoms in total. The lowest BCUT2D eigenvalue weighted by molar-refractivity contribution is -0.120. The number of carbonyl (C=O) groups is 1. The lowest BCUT2D eigenvalue weighted by Crippen LogP contribution is -2.24. The maximum Gasteiger partial charge on any atom is 0.247 e. The van der Waals surface area contributed by atoms with Gasteiger partial charge in [0.2, 0.25) is 17.7 Å². The normalized spacial score (nSPS) is 10.7. The van der Waals surface area contributed by atoms with Crippen molar-refractivity contribution < 1.29 is 9.21 Å². The van der Waals surface area contributed by atoms with E-state index in [-0.39, 0.29) is 5.91 Å². The van der Waals surface area contributed by atoms with Crippen molar-refractivity contribution in [2.24, 2.45) is 0 Å². The van der Waals surface area contributed by atoms with Crippen molar-refractivity contribution in [3.05, 3.63) is 89.6 Å². The number of aryl methyl sites for hydroxylation is 2. The number of rotatable bonds is 6. The molecule has 0 radical (unpaired) electrons. The van der Waals surface area contributed by atoms with Crippen LogP contribution in [0.1, 0.15) is 22.7 Å². The Hall–Kier alpha value is -3.80. The maximum absolute atomic E-state index is 12.2. The molecule has 0 bridgehead atoms. The fourth-order valence-electron chi connectivity index (χ4n) is 3.22. The quantitative estimate of drug-likeness (QED) is 0.524. The van der Waals surface area contributed by atoms with E-state index < -0.39 is 0 Å². The number of hydrogen-bond donors (Lipinski definition) is 1. The molecule has 6 heteroatoms. The van der Waals surface area contributed by atoms with Crippen molar-refractivity contribution in [2.45, 2.75) is 26.8 Å². The summed E-state index contributed by atoms with van der Waals surface area (Å²) >= 11 is 0. The van der Waals surface area contributed by atoms with E-state index in [0.29, 0.717) is 24.7 Å². The van der Waals surface area contributed by atoms with Crippen LogP contribution in [0.3, 0.4) is 0 Å². The van der Waals surface area contributed by atoms with Crippen LogP contribution in [0.2, 0.25) is 0 Å². The standard InChI is InChI=1S/C24H22N4O2/c1-16-6-9-20(24-28-27-17(2)30-24)14-22(16)19-10-7-18(8-11-19)13-23(29)26-15-21-5-3-4-12-25-21/h3-12,14H,13,15H2,1-2H3,(H,26,29). The van der Waals surface area contributed by atoms with E-state index in [1.807, 2.05) is 54.6 Å². The number of hydrogen-bond acceptors (Lipinski definition) is 5. The molecule has 0 aliphatic carbocycles. The monoisotopic (exact) mass is 398 g/mol. The van der Waals surface area contributed by atoms with Gasteiger partial charge in [-0.3, -0.25) is 9.78 Å². The molecule has 0 unspecified atom stereocenters. The molecule has 0 saturated carbocycles. The summed E-state index contributed by atoms with van der Waals surface area (Å²) in [6, 6.07) is 19.8. The SMILES string of the molecule is Cc1nnc(-c2ccc(C)c(-c3ccc(CC(=O)NCc4ccccn4)cc3)c2)o1. The number of nitrogens with zero attached hydrogens (tertiary/aromatic N) is 3. The molecule has 0 aliphatic rings. The van der Waals surface area contributed by atoms with Crippen molar-refractivity contribution in [3.63, 3.8) is 0 Å². The Kier molecular flexibility index (Phi) is 5.66. The summed E-state index contributed by atoms with van der Waals surface area (Å²) in [5, 5.41) is 10.9. The Morgan fingerprint density at radius 3 is 2.47 bits per heavy atom. The van der Waals surface area contributed by atoms with E-state index in [0.717, 1.165) is 33.5 Å². The molecule has 2 aromatic carbocycles. The van der Waals surface area contributed by atoms with Crippen molar-refractivity contribution in [2.75, 3.05) is 0 Å². The highest BCUT2D eigenvalue weighted by atomic mass is 16.4. The molecule has 0 aliphatic heterocycles. The van der Waals surface area contributed by atoms with Gasteiger partial charge in [0.15, 0.2) is 0 Å². The van der Waals surface area contributed by atoms with Crippen LogP contribution in [-0.2, 0) is 17.8 Å². The minimum Gasteiger partial charge on any atom is -0.421 e. The van der Waals surface area contributed by atoms with E-state index in [1.54, 1.807) is 13.1 Å². The molecule has 2 heterocycles.